The number of para-hydroxylation sites is 1. The first kappa shape index (κ1) is 13.9. The maximum Gasteiger partial charge on any atom is 0.320 e. The van der Waals surface area contributed by atoms with Crippen molar-refractivity contribution in [2.75, 3.05) is 20.1 Å². The molecule has 1 aromatic carbocycles. The van der Waals surface area contributed by atoms with Crippen molar-refractivity contribution >= 4 is 16.9 Å². The molecular formula is C16H22N4O. The number of nitrogens with zero attached hydrogens (tertiary/aromatic N) is 4. The molecule has 0 spiro atoms. The van der Waals surface area contributed by atoms with Gasteiger partial charge in [-0.1, -0.05) is 18.2 Å². The number of carbonyl (C=O) groups is 1. The normalized spacial score (nSPS) is 18.7. The first-order valence-electron chi connectivity index (χ1n) is 7.52. The van der Waals surface area contributed by atoms with E-state index in [1.807, 2.05) is 44.1 Å². The minimum atomic E-state index is 0.115. The number of rotatable bonds is 2. The first-order chi connectivity index (χ1) is 10.1. The molecule has 2 heterocycles. The van der Waals surface area contributed by atoms with Crippen LogP contribution in [0.1, 0.15) is 26.3 Å². The number of hydrogen-bond donors (Lipinski definition) is 0. The van der Waals surface area contributed by atoms with Crippen LogP contribution in [0.3, 0.4) is 0 Å². The van der Waals surface area contributed by atoms with Gasteiger partial charge in [-0.3, -0.25) is 4.68 Å². The van der Waals surface area contributed by atoms with Crippen LogP contribution < -0.4 is 0 Å². The molecule has 1 saturated heterocycles. The summed E-state index contributed by atoms with van der Waals surface area (Å²) in [5, 5.41) is 5.67. The van der Waals surface area contributed by atoms with Gasteiger partial charge in [0.1, 0.15) is 0 Å². The van der Waals surface area contributed by atoms with Crippen LogP contribution in [0.25, 0.3) is 10.9 Å². The molecule has 1 fully saturated rings. The number of likely N-dealkylation sites (tertiary alicyclic amines) is 1. The number of carbonyl (C=O) groups excluding carboxylic acids is 1. The standard InChI is InChI=1S/C16H22N4O/c1-12(2)18(3)16(21)19-9-8-14(11-19)20-15-7-5-4-6-13(15)10-17-20/h4-7,10,12,14H,8-9,11H2,1-3H3/t14-/m1/s1. The van der Waals surface area contributed by atoms with Crippen molar-refractivity contribution in [1.82, 2.24) is 19.6 Å². The number of benzene rings is 1. The number of hydrogen-bond acceptors (Lipinski definition) is 2. The lowest BCUT2D eigenvalue weighted by molar-refractivity contribution is 0.160. The van der Waals surface area contributed by atoms with Gasteiger partial charge in [-0.05, 0) is 26.3 Å². The van der Waals surface area contributed by atoms with Gasteiger partial charge >= 0.3 is 6.03 Å². The summed E-state index contributed by atoms with van der Waals surface area (Å²) in [6.07, 6.45) is 2.86. The number of urea groups is 1. The SMILES string of the molecule is CC(C)N(C)C(=O)N1CC[C@@H](n2ncc3ccccc32)C1. The summed E-state index contributed by atoms with van der Waals surface area (Å²) in [7, 11) is 1.86. The minimum Gasteiger partial charge on any atom is -0.325 e. The molecule has 0 bridgehead atoms. The van der Waals surface area contributed by atoms with E-state index in [4.69, 9.17) is 0 Å². The van der Waals surface area contributed by atoms with Gasteiger partial charge in [-0.15, -0.1) is 0 Å². The highest BCUT2D eigenvalue weighted by molar-refractivity contribution is 5.78. The van der Waals surface area contributed by atoms with Crippen LogP contribution in [0.4, 0.5) is 4.79 Å². The Hall–Kier alpha value is -2.04. The van der Waals surface area contributed by atoms with Gasteiger partial charge < -0.3 is 9.80 Å². The average Bonchev–Trinajstić information content (AvgIpc) is 3.11. The summed E-state index contributed by atoms with van der Waals surface area (Å²) in [5.74, 6) is 0. The molecule has 3 rings (SSSR count). The summed E-state index contributed by atoms with van der Waals surface area (Å²) >= 11 is 0. The van der Waals surface area contributed by atoms with Crippen LogP contribution >= 0.6 is 0 Å². The van der Waals surface area contributed by atoms with Crippen molar-refractivity contribution in [3.05, 3.63) is 30.5 Å². The third-order valence-electron chi connectivity index (χ3n) is 4.36. The highest BCUT2D eigenvalue weighted by atomic mass is 16.2. The van der Waals surface area contributed by atoms with Crippen molar-refractivity contribution in [2.24, 2.45) is 0 Å². The van der Waals surface area contributed by atoms with Gasteiger partial charge in [0.2, 0.25) is 0 Å². The second-order valence-corrected chi connectivity index (χ2v) is 6.02. The van der Waals surface area contributed by atoms with Crippen molar-refractivity contribution in [3.8, 4) is 0 Å². The number of aromatic nitrogens is 2. The second-order valence-electron chi connectivity index (χ2n) is 6.02. The smallest absolute Gasteiger partial charge is 0.320 e. The van der Waals surface area contributed by atoms with Crippen molar-refractivity contribution in [3.63, 3.8) is 0 Å². The highest BCUT2D eigenvalue weighted by Gasteiger charge is 2.30. The van der Waals surface area contributed by atoms with Gasteiger partial charge in [-0.2, -0.15) is 5.10 Å². The molecule has 0 N–H and O–H groups in total. The Labute approximate surface area is 125 Å². The Morgan fingerprint density at radius 2 is 2.14 bits per heavy atom. The average molecular weight is 286 g/mol. The van der Waals surface area contributed by atoms with E-state index >= 15 is 0 Å². The Kier molecular flexibility index (Phi) is 3.57. The van der Waals surface area contributed by atoms with E-state index in [1.165, 1.54) is 0 Å². The maximum atomic E-state index is 12.4. The Bertz CT molecular complexity index is 649. The zero-order valence-corrected chi connectivity index (χ0v) is 12.9. The molecule has 2 amide bonds. The second kappa shape index (κ2) is 5.39. The van der Waals surface area contributed by atoms with E-state index in [9.17, 15) is 4.79 Å². The van der Waals surface area contributed by atoms with E-state index < -0.39 is 0 Å². The lowest BCUT2D eigenvalue weighted by Crippen LogP contribution is -2.43. The van der Waals surface area contributed by atoms with Crippen molar-refractivity contribution < 1.29 is 4.79 Å². The molecule has 1 aromatic heterocycles. The van der Waals surface area contributed by atoms with E-state index in [2.05, 4.69) is 21.9 Å². The van der Waals surface area contributed by atoms with Crippen LogP contribution in [-0.4, -0.2) is 51.8 Å². The topological polar surface area (TPSA) is 41.4 Å². The summed E-state index contributed by atoms with van der Waals surface area (Å²) in [6, 6.07) is 8.83. The third-order valence-corrected chi connectivity index (χ3v) is 4.36. The minimum absolute atomic E-state index is 0.115. The molecule has 2 aromatic rings. The van der Waals surface area contributed by atoms with Gasteiger partial charge in [-0.25, -0.2) is 4.79 Å². The first-order valence-corrected chi connectivity index (χ1v) is 7.52. The van der Waals surface area contributed by atoms with E-state index in [0.717, 1.165) is 30.4 Å². The Morgan fingerprint density at radius 3 is 2.90 bits per heavy atom. The predicted molar refractivity (Wildman–Crippen MR) is 83.3 cm³/mol. The molecule has 0 saturated carbocycles. The van der Waals surface area contributed by atoms with E-state index in [0.29, 0.717) is 0 Å². The van der Waals surface area contributed by atoms with Crippen molar-refractivity contribution in [2.45, 2.75) is 32.4 Å². The zero-order chi connectivity index (χ0) is 15.0. The summed E-state index contributed by atoms with van der Waals surface area (Å²) in [4.78, 5) is 16.1. The predicted octanol–water partition coefficient (Wildman–Crippen LogP) is 2.74. The number of amides is 2. The molecule has 0 aliphatic carbocycles. The fourth-order valence-electron chi connectivity index (χ4n) is 2.84. The van der Waals surface area contributed by atoms with Crippen LogP contribution in [0, 0.1) is 0 Å². The zero-order valence-electron chi connectivity index (χ0n) is 12.9. The molecule has 5 nitrogen and oxygen atoms in total. The Morgan fingerprint density at radius 1 is 1.38 bits per heavy atom. The number of fused-ring (bicyclic) bond motifs is 1. The molecule has 0 unspecified atom stereocenters. The van der Waals surface area contributed by atoms with Crippen molar-refractivity contribution in [1.29, 1.82) is 0 Å². The molecule has 21 heavy (non-hydrogen) atoms. The lowest BCUT2D eigenvalue weighted by Gasteiger charge is -2.27. The largest absolute Gasteiger partial charge is 0.325 e. The molecular weight excluding hydrogens is 264 g/mol. The fraction of sp³-hybridized carbons (Fsp3) is 0.500. The highest BCUT2D eigenvalue weighted by Crippen LogP contribution is 2.26. The summed E-state index contributed by atoms with van der Waals surface area (Å²) in [5.41, 5.74) is 1.15. The van der Waals surface area contributed by atoms with Crippen LogP contribution in [0.2, 0.25) is 0 Å². The molecule has 112 valence electrons. The molecule has 1 aliphatic heterocycles. The van der Waals surface area contributed by atoms with Gasteiger partial charge in [0.15, 0.2) is 0 Å². The van der Waals surface area contributed by atoms with Crippen LogP contribution in [0.15, 0.2) is 30.5 Å². The monoisotopic (exact) mass is 286 g/mol. The summed E-state index contributed by atoms with van der Waals surface area (Å²) < 4.78 is 2.07. The van der Waals surface area contributed by atoms with Crippen LogP contribution in [-0.2, 0) is 0 Å². The molecule has 1 atom stereocenters. The lowest BCUT2D eigenvalue weighted by atomic mass is 10.2. The van der Waals surface area contributed by atoms with Gasteiger partial charge in [0, 0.05) is 31.6 Å². The maximum absolute atomic E-state index is 12.4. The molecule has 0 radical (unpaired) electrons. The summed E-state index contributed by atoms with van der Waals surface area (Å²) in [6.45, 7) is 5.61. The van der Waals surface area contributed by atoms with Gasteiger partial charge in [0.05, 0.1) is 17.8 Å². The third kappa shape index (κ3) is 2.48. The quantitative estimate of drug-likeness (QED) is 0.852. The van der Waals surface area contributed by atoms with E-state index in [-0.39, 0.29) is 18.1 Å². The van der Waals surface area contributed by atoms with Crippen LogP contribution in [0.5, 0.6) is 0 Å². The van der Waals surface area contributed by atoms with Gasteiger partial charge in [0.25, 0.3) is 0 Å². The van der Waals surface area contributed by atoms with E-state index in [1.54, 1.807) is 4.90 Å². The fourth-order valence-corrected chi connectivity index (χ4v) is 2.84. The molecule has 5 heteroatoms. The molecule has 1 aliphatic rings. The Balaban J connectivity index is 1.77.